The minimum Gasteiger partial charge on any atom is -0.0988 e. The smallest absolute Gasteiger partial charge is 0.0162 e. The monoisotopic (exact) mass is 178 g/mol. The molecular weight excluding hydrogens is 156 g/mol. The first-order valence-electron chi connectivity index (χ1n) is 5.21. The van der Waals surface area contributed by atoms with Gasteiger partial charge >= 0.3 is 0 Å². The largest absolute Gasteiger partial charge is 0.0988 e. The van der Waals surface area contributed by atoms with Gasteiger partial charge in [0.15, 0.2) is 0 Å². The van der Waals surface area contributed by atoms with Crippen LogP contribution in [0.15, 0.2) is 36.0 Å². The summed E-state index contributed by atoms with van der Waals surface area (Å²) in [5.74, 6) is 0.822. The lowest BCUT2D eigenvalue weighted by Crippen LogP contribution is -1.77. The van der Waals surface area contributed by atoms with Gasteiger partial charge in [-0.2, -0.15) is 0 Å². The zero-order valence-electron chi connectivity index (χ0n) is 9.43. The van der Waals surface area contributed by atoms with Crippen molar-refractivity contribution in [1.29, 1.82) is 0 Å². The van der Waals surface area contributed by atoms with Gasteiger partial charge in [-0.1, -0.05) is 44.2 Å². The predicted molar refractivity (Wildman–Crippen MR) is 61.8 cm³/mol. The van der Waals surface area contributed by atoms with Gasteiger partial charge in [0.25, 0.3) is 0 Å². The Morgan fingerprint density at radius 1 is 1.15 bits per heavy atom. The number of hydrogen-bond acceptors (Lipinski definition) is 0. The second-order valence-electron chi connectivity index (χ2n) is 3.39. The minimum absolute atomic E-state index is 0.822. The van der Waals surface area contributed by atoms with E-state index in [1.807, 2.05) is 19.9 Å². The first-order valence-corrected chi connectivity index (χ1v) is 5.21. The summed E-state index contributed by atoms with van der Waals surface area (Å²) < 4.78 is 0. The van der Waals surface area contributed by atoms with Gasteiger partial charge in [-0.3, -0.25) is 0 Å². The average Bonchev–Trinajstić information content (AvgIpc) is 2.93. The van der Waals surface area contributed by atoms with Crippen molar-refractivity contribution in [2.24, 2.45) is 5.92 Å². The Hall–Kier alpha value is -0.780. The van der Waals surface area contributed by atoms with Crippen molar-refractivity contribution in [3.63, 3.8) is 0 Å². The third kappa shape index (κ3) is 5.46. The van der Waals surface area contributed by atoms with Crippen LogP contribution in [0.4, 0.5) is 0 Å². The van der Waals surface area contributed by atoms with Gasteiger partial charge in [-0.05, 0) is 38.2 Å². The molecule has 0 aliphatic heterocycles. The lowest BCUT2D eigenvalue weighted by molar-refractivity contribution is 1.05. The van der Waals surface area contributed by atoms with Crippen LogP contribution in [-0.4, -0.2) is 0 Å². The van der Waals surface area contributed by atoms with Crippen molar-refractivity contribution in [1.82, 2.24) is 0 Å². The SMILES string of the molecule is C=C/C(=C\C=C(C)C)C1CC1.CC. The summed E-state index contributed by atoms with van der Waals surface area (Å²) in [7, 11) is 0. The number of allylic oxidation sites excluding steroid dienone is 5. The molecule has 0 unspecified atom stereocenters. The highest BCUT2D eigenvalue weighted by Crippen LogP contribution is 2.36. The molecule has 0 saturated heterocycles. The van der Waals surface area contributed by atoms with Crippen LogP contribution in [0.25, 0.3) is 0 Å². The highest BCUT2D eigenvalue weighted by atomic mass is 14.3. The van der Waals surface area contributed by atoms with Crippen molar-refractivity contribution < 1.29 is 0 Å². The zero-order chi connectivity index (χ0) is 10.3. The molecule has 13 heavy (non-hydrogen) atoms. The molecule has 0 amide bonds. The van der Waals surface area contributed by atoms with Gasteiger partial charge in [0.05, 0.1) is 0 Å². The molecule has 0 aromatic rings. The molecule has 1 rings (SSSR count). The lowest BCUT2D eigenvalue weighted by Gasteiger charge is -1.94. The highest BCUT2D eigenvalue weighted by molar-refractivity contribution is 5.28. The van der Waals surface area contributed by atoms with Crippen LogP contribution < -0.4 is 0 Å². The van der Waals surface area contributed by atoms with E-state index in [1.165, 1.54) is 24.0 Å². The van der Waals surface area contributed by atoms with E-state index in [0.29, 0.717) is 0 Å². The summed E-state index contributed by atoms with van der Waals surface area (Å²) in [5, 5.41) is 0. The van der Waals surface area contributed by atoms with E-state index < -0.39 is 0 Å². The molecule has 0 radical (unpaired) electrons. The van der Waals surface area contributed by atoms with Gasteiger partial charge in [0.2, 0.25) is 0 Å². The van der Waals surface area contributed by atoms with Gasteiger partial charge in [0.1, 0.15) is 0 Å². The standard InChI is InChI=1S/C11H16.C2H6/c1-4-10(11-7-8-11)6-5-9(2)3;1-2/h4-6,11H,1,7-8H2,2-3H3;1-2H3/b10-6+;. The topological polar surface area (TPSA) is 0 Å². The van der Waals surface area contributed by atoms with Gasteiger partial charge in [-0.25, -0.2) is 0 Å². The normalized spacial score (nSPS) is 15.5. The molecule has 0 nitrogen and oxygen atoms in total. The molecule has 0 spiro atoms. The molecule has 0 aromatic carbocycles. The maximum Gasteiger partial charge on any atom is -0.0162 e. The van der Waals surface area contributed by atoms with Crippen molar-refractivity contribution in [2.45, 2.75) is 40.5 Å². The van der Waals surface area contributed by atoms with Gasteiger partial charge in [0, 0.05) is 0 Å². The van der Waals surface area contributed by atoms with Crippen LogP contribution in [-0.2, 0) is 0 Å². The summed E-state index contributed by atoms with van der Waals surface area (Å²) in [6.07, 6.45) is 9.05. The van der Waals surface area contributed by atoms with Crippen LogP contribution in [0.5, 0.6) is 0 Å². The first kappa shape index (κ1) is 12.2. The maximum atomic E-state index is 3.80. The Morgan fingerprint density at radius 3 is 2.00 bits per heavy atom. The molecule has 1 saturated carbocycles. The molecular formula is C13H22. The minimum atomic E-state index is 0.822. The molecule has 0 atom stereocenters. The fraction of sp³-hybridized carbons (Fsp3) is 0.538. The van der Waals surface area contributed by atoms with Crippen molar-refractivity contribution >= 4 is 0 Å². The second-order valence-corrected chi connectivity index (χ2v) is 3.39. The molecule has 1 fully saturated rings. The first-order chi connectivity index (χ1) is 6.24. The highest BCUT2D eigenvalue weighted by Gasteiger charge is 2.23. The van der Waals surface area contributed by atoms with E-state index in [-0.39, 0.29) is 0 Å². The van der Waals surface area contributed by atoms with E-state index >= 15 is 0 Å². The molecule has 0 aromatic heterocycles. The lowest BCUT2D eigenvalue weighted by atomic mass is 10.1. The molecule has 0 N–H and O–H groups in total. The van der Waals surface area contributed by atoms with Crippen molar-refractivity contribution in [3.05, 3.63) is 36.0 Å². The summed E-state index contributed by atoms with van der Waals surface area (Å²) in [5.41, 5.74) is 2.76. The fourth-order valence-corrected chi connectivity index (χ4v) is 1.05. The summed E-state index contributed by atoms with van der Waals surface area (Å²) in [6, 6.07) is 0. The van der Waals surface area contributed by atoms with E-state index in [2.05, 4.69) is 32.6 Å². The second kappa shape index (κ2) is 6.71. The molecule has 1 aliphatic carbocycles. The molecule has 0 heteroatoms. The van der Waals surface area contributed by atoms with Gasteiger partial charge < -0.3 is 0 Å². The van der Waals surface area contributed by atoms with Crippen LogP contribution >= 0.6 is 0 Å². The van der Waals surface area contributed by atoms with Crippen LogP contribution in [0, 0.1) is 5.92 Å². The van der Waals surface area contributed by atoms with E-state index in [1.54, 1.807) is 0 Å². The van der Waals surface area contributed by atoms with Crippen LogP contribution in [0.3, 0.4) is 0 Å². The molecule has 0 heterocycles. The Morgan fingerprint density at radius 2 is 1.69 bits per heavy atom. The Balaban J connectivity index is 0.000000671. The predicted octanol–water partition coefficient (Wildman–Crippen LogP) is 4.50. The third-order valence-corrected chi connectivity index (χ3v) is 1.89. The average molecular weight is 178 g/mol. The molecule has 74 valence electrons. The van der Waals surface area contributed by atoms with Crippen molar-refractivity contribution in [3.8, 4) is 0 Å². The van der Waals surface area contributed by atoms with E-state index in [4.69, 9.17) is 0 Å². The maximum absolute atomic E-state index is 3.80. The van der Waals surface area contributed by atoms with Crippen molar-refractivity contribution in [2.75, 3.05) is 0 Å². The number of hydrogen-bond donors (Lipinski definition) is 0. The summed E-state index contributed by atoms with van der Waals surface area (Å²) in [6.45, 7) is 12.0. The van der Waals surface area contributed by atoms with E-state index in [9.17, 15) is 0 Å². The third-order valence-electron chi connectivity index (χ3n) is 1.89. The summed E-state index contributed by atoms with van der Waals surface area (Å²) in [4.78, 5) is 0. The van der Waals surface area contributed by atoms with Crippen LogP contribution in [0.2, 0.25) is 0 Å². The van der Waals surface area contributed by atoms with Gasteiger partial charge in [-0.15, -0.1) is 0 Å². The summed E-state index contributed by atoms with van der Waals surface area (Å²) >= 11 is 0. The number of rotatable bonds is 3. The molecule has 1 aliphatic rings. The fourth-order valence-electron chi connectivity index (χ4n) is 1.05. The molecule has 0 bridgehead atoms. The Labute approximate surface area is 83.0 Å². The Kier molecular flexibility index (Phi) is 6.30. The van der Waals surface area contributed by atoms with E-state index in [0.717, 1.165) is 5.92 Å². The quantitative estimate of drug-likeness (QED) is 0.558. The zero-order valence-corrected chi connectivity index (χ0v) is 9.43. The van der Waals surface area contributed by atoms with Crippen LogP contribution in [0.1, 0.15) is 40.5 Å². The Bertz CT molecular complexity index is 198.